The minimum atomic E-state index is -0.105. The Bertz CT molecular complexity index is 1460. The largest absolute Gasteiger partial charge is 0.488 e. The number of ether oxygens (including phenoxy) is 1. The van der Waals surface area contributed by atoms with Crippen molar-refractivity contribution in [1.29, 1.82) is 0 Å². The zero-order valence-corrected chi connectivity index (χ0v) is 22.6. The fraction of sp³-hybridized carbons (Fsp3) is 0.448. The van der Waals surface area contributed by atoms with Crippen molar-refractivity contribution >= 4 is 22.9 Å². The smallest absolute Gasteiger partial charge is 0.225 e. The summed E-state index contributed by atoms with van der Waals surface area (Å²) in [6.45, 7) is 9.91. The van der Waals surface area contributed by atoms with Gasteiger partial charge in [0, 0.05) is 43.9 Å². The zero-order chi connectivity index (χ0) is 26.6. The second kappa shape index (κ2) is 9.45. The third-order valence-corrected chi connectivity index (χ3v) is 7.95. The summed E-state index contributed by atoms with van der Waals surface area (Å²) in [4.78, 5) is 26.7. The van der Waals surface area contributed by atoms with E-state index in [4.69, 9.17) is 14.2 Å². The number of imidazole rings is 1. The average Bonchev–Trinajstić information content (AvgIpc) is 3.49. The molecule has 38 heavy (non-hydrogen) atoms. The third-order valence-electron chi connectivity index (χ3n) is 7.95. The highest BCUT2D eigenvalue weighted by molar-refractivity contribution is 5.94. The average molecular weight is 515 g/mol. The number of piperidine rings is 1. The van der Waals surface area contributed by atoms with Crippen molar-refractivity contribution in [3.8, 4) is 16.9 Å². The van der Waals surface area contributed by atoms with Crippen LogP contribution < -0.4 is 9.64 Å². The molecule has 0 saturated carbocycles. The first-order valence-electron chi connectivity index (χ1n) is 13.4. The van der Waals surface area contributed by atoms with E-state index in [0.717, 1.165) is 76.9 Å². The van der Waals surface area contributed by atoms with Gasteiger partial charge in [-0.05, 0) is 51.0 Å². The second-order valence-corrected chi connectivity index (χ2v) is 10.7. The van der Waals surface area contributed by atoms with Crippen molar-refractivity contribution in [1.82, 2.24) is 24.6 Å². The van der Waals surface area contributed by atoms with Gasteiger partial charge in [-0.3, -0.25) is 14.3 Å². The predicted molar refractivity (Wildman–Crippen MR) is 145 cm³/mol. The molecule has 9 nitrogen and oxygen atoms in total. The fourth-order valence-corrected chi connectivity index (χ4v) is 5.94. The molecule has 2 aliphatic heterocycles. The summed E-state index contributed by atoms with van der Waals surface area (Å²) in [5, 5.41) is 4.17. The first kappa shape index (κ1) is 24.5. The Balaban J connectivity index is 1.43. The van der Waals surface area contributed by atoms with Crippen molar-refractivity contribution in [2.45, 2.75) is 52.6 Å². The molecule has 0 radical (unpaired) electrons. The van der Waals surface area contributed by atoms with Crippen molar-refractivity contribution in [2.24, 2.45) is 5.92 Å². The minimum Gasteiger partial charge on any atom is -0.488 e. The number of aryl methyl sites for hydroxylation is 2. The van der Waals surface area contributed by atoms with Gasteiger partial charge in [0.1, 0.15) is 23.9 Å². The van der Waals surface area contributed by atoms with E-state index in [1.807, 2.05) is 64.0 Å². The molecule has 6 rings (SSSR count). The number of anilines is 1. The van der Waals surface area contributed by atoms with Crippen LogP contribution in [0, 0.1) is 19.8 Å². The Kier molecular flexibility index (Phi) is 6.08. The van der Waals surface area contributed by atoms with Crippen LogP contribution in [0.1, 0.15) is 49.9 Å². The molecule has 198 valence electrons. The van der Waals surface area contributed by atoms with Crippen LogP contribution in [0.5, 0.6) is 5.75 Å². The number of benzene rings is 1. The molecular formula is C29H34N6O3. The molecule has 1 saturated heterocycles. The Hall–Kier alpha value is -3.88. The second-order valence-electron chi connectivity index (χ2n) is 10.7. The number of rotatable bonds is 5. The van der Waals surface area contributed by atoms with Gasteiger partial charge in [0.05, 0.1) is 22.5 Å². The molecule has 0 aliphatic carbocycles. The van der Waals surface area contributed by atoms with Gasteiger partial charge < -0.3 is 19.1 Å². The molecule has 0 unspecified atom stereocenters. The van der Waals surface area contributed by atoms with E-state index in [1.165, 1.54) is 0 Å². The molecule has 1 amide bonds. The van der Waals surface area contributed by atoms with Crippen LogP contribution in [0.15, 0.2) is 41.1 Å². The van der Waals surface area contributed by atoms with E-state index in [-0.39, 0.29) is 23.9 Å². The summed E-state index contributed by atoms with van der Waals surface area (Å²) in [6.07, 6.45) is 3.63. The summed E-state index contributed by atoms with van der Waals surface area (Å²) in [7, 11) is 1.94. The fourth-order valence-electron chi connectivity index (χ4n) is 5.94. The van der Waals surface area contributed by atoms with E-state index in [0.29, 0.717) is 6.61 Å². The molecule has 2 aliphatic rings. The maximum Gasteiger partial charge on any atom is 0.225 e. The van der Waals surface area contributed by atoms with E-state index in [1.54, 1.807) is 0 Å². The van der Waals surface area contributed by atoms with Gasteiger partial charge in [-0.2, -0.15) is 0 Å². The molecule has 9 heteroatoms. The molecule has 1 aromatic carbocycles. The van der Waals surface area contributed by atoms with Gasteiger partial charge >= 0.3 is 0 Å². The number of hydrogen-bond donors (Lipinski definition) is 0. The van der Waals surface area contributed by atoms with Crippen molar-refractivity contribution in [2.75, 3.05) is 31.6 Å². The molecule has 1 atom stereocenters. The Labute approximate surface area is 222 Å². The highest BCUT2D eigenvalue weighted by Gasteiger charge is 2.35. The molecule has 4 aromatic rings. The number of carbonyl (C=O) groups excluding carboxylic acids is 1. The predicted octanol–water partition coefficient (Wildman–Crippen LogP) is 4.77. The van der Waals surface area contributed by atoms with Crippen LogP contribution in [0.25, 0.3) is 22.2 Å². The van der Waals surface area contributed by atoms with Crippen LogP contribution in [0.3, 0.4) is 0 Å². The summed E-state index contributed by atoms with van der Waals surface area (Å²) >= 11 is 0. The molecule has 3 aromatic heterocycles. The monoisotopic (exact) mass is 514 g/mol. The van der Waals surface area contributed by atoms with E-state index in [2.05, 4.69) is 31.7 Å². The highest BCUT2D eigenvalue weighted by Crippen LogP contribution is 2.46. The van der Waals surface area contributed by atoms with Gasteiger partial charge in [0.15, 0.2) is 5.75 Å². The maximum atomic E-state index is 12.6. The summed E-state index contributed by atoms with van der Waals surface area (Å²) in [5.74, 6) is 2.70. The Morgan fingerprint density at radius 2 is 1.92 bits per heavy atom. The molecular weight excluding hydrogens is 480 g/mol. The topological polar surface area (TPSA) is 89.5 Å². The van der Waals surface area contributed by atoms with Crippen LogP contribution in [-0.2, 0) is 4.79 Å². The number of hydrogen-bond acceptors (Lipinski definition) is 7. The van der Waals surface area contributed by atoms with Crippen molar-refractivity contribution in [3.63, 3.8) is 0 Å². The maximum absolute atomic E-state index is 12.6. The van der Waals surface area contributed by atoms with E-state index < -0.39 is 0 Å². The van der Waals surface area contributed by atoms with E-state index in [9.17, 15) is 4.79 Å². The number of aromatic nitrogens is 4. The van der Waals surface area contributed by atoms with Crippen LogP contribution in [0.2, 0.25) is 0 Å². The SMILES string of the molecule is Cc1noc(C)c1-c1ccc2nc(N3CCC(N(C)C(=O)C(C)C)CC3)n3c2c1OC[C@@H]3c1ccccn1. The van der Waals surface area contributed by atoms with Gasteiger partial charge in [0.25, 0.3) is 0 Å². The third kappa shape index (κ3) is 3.92. The number of carbonyl (C=O) groups is 1. The molecule has 0 spiro atoms. The normalized spacial score (nSPS) is 17.7. The lowest BCUT2D eigenvalue weighted by Crippen LogP contribution is -2.47. The summed E-state index contributed by atoms with van der Waals surface area (Å²) in [5.41, 5.74) is 5.56. The lowest BCUT2D eigenvalue weighted by Gasteiger charge is -2.39. The Morgan fingerprint density at radius 1 is 1.13 bits per heavy atom. The minimum absolute atomic E-state index is 0.00420. The van der Waals surface area contributed by atoms with Crippen LogP contribution in [0.4, 0.5) is 5.95 Å². The first-order valence-corrected chi connectivity index (χ1v) is 13.4. The first-order chi connectivity index (χ1) is 18.3. The molecule has 0 bridgehead atoms. The number of nitrogens with zero attached hydrogens (tertiary/aromatic N) is 6. The van der Waals surface area contributed by atoms with Crippen LogP contribution in [-0.4, -0.2) is 63.3 Å². The van der Waals surface area contributed by atoms with Crippen molar-refractivity contribution < 1.29 is 14.1 Å². The zero-order valence-electron chi connectivity index (χ0n) is 22.6. The number of pyridine rings is 1. The van der Waals surface area contributed by atoms with Gasteiger partial charge in [-0.25, -0.2) is 4.98 Å². The summed E-state index contributed by atoms with van der Waals surface area (Å²) < 4.78 is 14.3. The molecule has 1 fully saturated rings. The lowest BCUT2D eigenvalue weighted by atomic mass is 10.0. The Morgan fingerprint density at radius 3 is 2.58 bits per heavy atom. The lowest BCUT2D eigenvalue weighted by molar-refractivity contribution is -0.135. The summed E-state index contributed by atoms with van der Waals surface area (Å²) in [6, 6.07) is 10.2. The highest BCUT2D eigenvalue weighted by atomic mass is 16.5. The van der Waals surface area contributed by atoms with Gasteiger partial charge in [-0.15, -0.1) is 0 Å². The molecule has 5 heterocycles. The van der Waals surface area contributed by atoms with Crippen molar-refractivity contribution in [3.05, 3.63) is 53.7 Å². The van der Waals surface area contributed by atoms with Gasteiger partial charge in [-0.1, -0.05) is 25.1 Å². The standard InChI is InChI=1S/C29H34N6O3/c1-17(2)28(36)33(5)20-11-14-34(15-12-20)29-31-23-10-9-21(25-18(3)32-38-19(25)4)27-26(23)35(29)24(16-37-27)22-8-6-7-13-30-22/h6-10,13,17,20,24H,11-12,14-16H2,1-5H3/t24-/m1/s1. The van der Waals surface area contributed by atoms with Crippen LogP contribution >= 0.6 is 0 Å². The van der Waals surface area contributed by atoms with Gasteiger partial charge in [0.2, 0.25) is 11.9 Å². The molecule has 0 N–H and O–H groups in total. The van der Waals surface area contributed by atoms with E-state index >= 15 is 0 Å². The quantitative estimate of drug-likeness (QED) is 0.379. The number of amides is 1.